The number of hydrogen-bond acceptors (Lipinski definition) is 3. The van der Waals surface area contributed by atoms with Crippen molar-refractivity contribution < 1.29 is 4.39 Å². The largest absolute Gasteiger partial charge is 0.378 e. The number of anilines is 1. The number of nitrogens with zero attached hydrogens (tertiary/aromatic N) is 2. The fourth-order valence-corrected chi connectivity index (χ4v) is 2.47. The Labute approximate surface area is 139 Å². The molecule has 0 unspecified atom stereocenters. The highest BCUT2D eigenvalue weighted by Crippen LogP contribution is 2.09. The van der Waals surface area contributed by atoms with Crippen molar-refractivity contribution in [1.29, 1.82) is 0 Å². The van der Waals surface area contributed by atoms with Crippen molar-refractivity contribution in [2.45, 2.75) is 25.9 Å². The third kappa shape index (κ3) is 4.32. The van der Waals surface area contributed by atoms with E-state index in [4.69, 9.17) is 0 Å². The number of aromatic amines is 1. The molecule has 3 aromatic rings. The standard InChI is InChI=1S/C18H19FN4O/c19-15-8-10-16(11-9-15)20-13-17-21-18(24)23(22-17)12-4-7-14-5-2-1-3-6-14/h1-3,5-6,8-11,20H,4,7,12-13H2,(H,21,22,24). The molecule has 0 amide bonds. The van der Waals surface area contributed by atoms with Crippen LogP contribution < -0.4 is 11.0 Å². The molecule has 0 aliphatic carbocycles. The summed E-state index contributed by atoms with van der Waals surface area (Å²) < 4.78 is 14.3. The zero-order chi connectivity index (χ0) is 16.8. The predicted octanol–water partition coefficient (Wildman–Crippen LogP) is 2.96. The van der Waals surface area contributed by atoms with Crippen LogP contribution >= 0.6 is 0 Å². The van der Waals surface area contributed by atoms with Crippen LogP contribution in [0.15, 0.2) is 59.4 Å². The summed E-state index contributed by atoms with van der Waals surface area (Å²) in [6, 6.07) is 16.2. The van der Waals surface area contributed by atoms with E-state index in [2.05, 4.69) is 27.5 Å². The van der Waals surface area contributed by atoms with Gasteiger partial charge in [-0.2, -0.15) is 5.10 Å². The Morgan fingerprint density at radius 3 is 2.58 bits per heavy atom. The van der Waals surface area contributed by atoms with Crippen LogP contribution in [0.25, 0.3) is 0 Å². The Morgan fingerprint density at radius 2 is 1.83 bits per heavy atom. The molecular formula is C18H19FN4O. The topological polar surface area (TPSA) is 62.7 Å². The van der Waals surface area contributed by atoms with Crippen molar-refractivity contribution in [1.82, 2.24) is 14.8 Å². The van der Waals surface area contributed by atoms with Crippen LogP contribution in [0.5, 0.6) is 0 Å². The fourth-order valence-electron chi connectivity index (χ4n) is 2.47. The maximum atomic E-state index is 12.9. The SMILES string of the molecule is O=c1[nH]c(CNc2ccc(F)cc2)nn1CCCc1ccccc1. The minimum absolute atomic E-state index is 0.209. The monoisotopic (exact) mass is 326 g/mol. The van der Waals surface area contributed by atoms with Crippen LogP contribution in [0.3, 0.4) is 0 Å². The molecule has 1 heterocycles. The van der Waals surface area contributed by atoms with Gasteiger partial charge in [-0.05, 0) is 42.7 Å². The number of H-pyrrole nitrogens is 1. The minimum atomic E-state index is -0.281. The normalized spacial score (nSPS) is 10.7. The number of hydrogen-bond donors (Lipinski definition) is 2. The Balaban J connectivity index is 1.52. The lowest BCUT2D eigenvalue weighted by atomic mass is 10.1. The lowest BCUT2D eigenvalue weighted by Gasteiger charge is -2.03. The van der Waals surface area contributed by atoms with Crippen LogP contribution in [-0.2, 0) is 19.5 Å². The molecule has 0 saturated heterocycles. The van der Waals surface area contributed by atoms with Crippen LogP contribution in [0.2, 0.25) is 0 Å². The summed E-state index contributed by atoms with van der Waals surface area (Å²) in [6.07, 6.45) is 1.75. The average Bonchev–Trinajstić information content (AvgIpc) is 2.95. The molecule has 0 aliphatic rings. The van der Waals surface area contributed by atoms with E-state index >= 15 is 0 Å². The van der Waals surface area contributed by atoms with Crippen LogP contribution in [-0.4, -0.2) is 14.8 Å². The van der Waals surface area contributed by atoms with Gasteiger partial charge in [-0.3, -0.25) is 4.98 Å². The quantitative estimate of drug-likeness (QED) is 0.702. The van der Waals surface area contributed by atoms with E-state index in [1.807, 2.05) is 18.2 Å². The maximum absolute atomic E-state index is 12.9. The Hall–Kier alpha value is -2.89. The van der Waals surface area contributed by atoms with Gasteiger partial charge in [0.15, 0.2) is 0 Å². The highest BCUT2D eigenvalue weighted by Gasteiger charge is 2.05. The summed E-state index contributed by atoms with van der Waals surface area (Å²) in [5.41, 5.74) is 1.81. The molecule has 0 fully saturated rings. The summed E-state index contributed by atoms with van der Waals surface area (Å²) >= 11 is 0. The number of aromatic nitrogens is 3. The highest BCUT2D eigenvalue weighted by molar-refractivity contribution is 5.42. The van der Waals surface area contributed by atoms with Gasteiger partial charge in [0.2, 0.25) is 0 Å². The van der Waals surface area contributed by atoms with E-state index in [1.54, 1.807) is 12.1 Å². The molecule has 2 N–H and O–H groups in total. The third-order valence-electron chi connectivity index (χ3n) is 3.71. The summed E-state index contributed by atoms with van der Waals surface area (Å²) in [4.78, 5) is 14.6. The van der Waals surface area contributed by atoms with Crippen LogP contribution in [0, 0.1) is 5.82 Å². The van der Waals surface area contributed by atoms with Crippen molar-refractivity contribution in [2.75, 3.05) is 5.32 Å². The predicted molar refractivity (Wildman–Crippen MR) is 91.3 cm³/mol. The molecule has 0 atom stereocenters. The molecule has 0 aliphatic heterocycles. The van der Waals surface area contributed by atoms with Gasteiger partial charge in [0.25, 0.3) is 0 Å². The molecule has 124 valence electrons. The van der Waals surface area contributed by atoms with Crippen LogP contribution in [0.1, 0.15) is 17.8 Å². The average molecular weight is 326 g/mol. The summed E-state index contributed by atoms with van der Waals surface area (Å²) in [7, 11) is 0. The van der Waals surface area contributed by atoms with Crippen molar-refractivity contribution in [3.05, 3.63) is 82.3 Å². The van der Waals surface area contributed by atoms with E-state index in [-0.39, 0.29) is 11.5 Å². The second kappa shape index (κ2) is 7.59. The summed E-state index contributed by atoms with van der Waals surface area (Å²) in [5.74, 6) is 0.278. The van der Waals surface area contributed by atoms with Crippen LogP contribution in [0.4, 0.5) is 10.1 Å². The van der Waals surface area contributed by atoms with Crippen molar-refractivity contribution in [3.63, 3.8) is 0 Å². The van der Waals surface area contributed by atoms with Gasteiger partial charge in [0.1, 0.15) is 11.6 Å². The molecule has 0 saturated carbocycles. The minimum Gasteiger partial charge on any atom is -0.378 e. The first-order valence-corrected chi connectivity index (χ1v) is 7.90. The first kappa shape index (κ1) is 16.0. The van der Waals surface area contributed by atoms with Gasteiger partial charge in [-0.15, -0.1) is 0 Å². The molecule has 6 heteroatoms. The van der Waals surface area contributed by atoms with E-state index in [9.17, 15) is 9.18 Å². The summed E-state index contributed by atoms with van der Waals surface area (Å²) in [5, 5.41) is 7.38. The third-order valence-corrected chi connectivity index (χ3v) is 3.71. The van der Waals surface area contributed by atoms with Crippen molar-refractivity contribution in [2.24, 2.45) is 0 Å². The molecule has 5 nitrogen and oxygen atoms in total. The van der Waals surface area contributed by atoms with Crippen molar-refractivity contribution >= 4 is 5.69 Å². The van der Waals surface area contributed by atoms with Gasteiger partial charge in [0.05, 0.1) is 6.54 Å². The van der Waals surface area contributed by atoms with Gasteiger partial charge in [-0.1, -0.05) is 30.3 Å². The lowest BCUT2D eigenvalue weighted by molar-refractivity contribution is 0.556. The second-order valence-electron chi connectivity index (χ2n) is 5.55. The van der Waals surface area contributed by atoms with Crippen molar-refractivity contribution in [3.8, 4) is 0 Å². The Kier molecular flexibility index (Phi) is 5.05. The van der Waals surface area contributed by atoms with E-state index in [0.29, 0.717) is 18.9 Å². The Morgan fingerprint density at radius 1 is 1.08 bits per heavy atom. The molecule has 24 heavy (non-hydrogen) atoms. The van der Waals surface area contributed by atoms with E-state index in [1.165, 1.54) is 22.4 Å². The van der Waals surface area contributed by atoms with Gasteiger partial charge < -0.3 is 5.32 Å². The Bertz CT molecular complexity index is 824. The van der Waals surface area contributed by atoms with Gasteiger partial charge in [0, 0.05) is 12.2 Å². The molecule has 0 spiro atoms. The fraction of sp³-hybridized carbons (Fsp3) is 0.222. The van der Waals surface area contributed by atoms with E-state index in [0.717, 1.165) is 18.5 Å². The zero-order valence-corrected chi connectivity index (χ0v) is 13.2. The smallest absolute Gasteiger partial charge is 0.343 e. The molecule has 2 aromatic carbocycles. The van der Waals surface area contributed by atoms with Gasteiger partial charge in [-0.25, -0.2) is 13.9 Å². The van der Waals surface area contributed by atoms with Gasteiger partial charge >= 0.3 is 5.69 Å². The first-order valence-electron chi connectivity index (χ1n) is 7.90. The number of aryl methyl sites for hydroxylation is 2. The maximum Gasteiger partial charge on any atom is 0.343 e. The molecule has 0 radical (unpaired) electrons. The zero-order valence-electron chi connectivity index (χ0n) is 13.2. The number of nitrogens with one attached hydrogen (secondary N) is 2. The second-order valence-corrected chi connectivity index (χ2v) is 5.55. The highest BCUT2D eigenvalue weighted by atomic mass is 19.1. The summed E-state index contributed by atoms with van der Waals surface area (Å²) in [6.45, 7) is 0.952. The number of rotatable bonds is 7. The number of benzene rings is 2. The number of halogens is 1. The first-order chi connectivity index (χ1) is 11.7. The lowest BCUT2D eigenvalue weighted by Crippen LogP contribution is -2.18. The molecule has 3 rings (SSSR count). The molecular weight excluding hydrogens is 307 g/mol. The molecule has 0 bridgehead atoms. The van der Waals surface area contributed by atoms with E-state index < -0.39 is 0 Å². The molecule has 1 aromatic heterocycles.